The van der Waals surface area contributed by atoms with Gasteiger partial charge in [-0.3, -0.25) is 0 Å². The number of rotatable bonds is 9. The molecule has 0 radical (unpaired) electrons. The van der Waals surface area contributed by atoms with Crippen molar-refractivity contribution in [3.05, 3.63) is 23.7 Å². The van der Waals surface area contributed by atoms with Crippen molar-refractivity contribution in [2.45, 2.75) is 59.0 Å². The maximum atomic E-state index is 10.6. The largest absolute Gasteiger partial charge is 0.463 e. The lowest BCUT2D eigenvalue weighted by atomic mass is 9.99. The van der Waals surface area contributed by atoms with Crippen molar-refractivity contribution in [2.24, 2.45) is 10.9 Å². The van der Waals surface area contributed by atoms with Gasteiger partial charge in [-0.05, 0) is 84.1 Å². The van der Waals surface area contributed by atoms with E-state index in [4.69, 9.17) is 4.42 Å². The fourth-order valence-electron chi connectivity index (χ4n) is 3.33. The molecule has 6 heteroatoms. The fourth-order valence-corrected chi connectivity index (χ4v) is 3.33. The second-order valence-corrected chi connectivity index (χ2v) is 8.04. The van der Waals surface area contributed by atoms with Gasteiger partial charge in [-0.25, -0.2) is 4.99 Å². The highest BCUT2D eigenvalue weighted by Crippen LogP contribution is 2.23. The maximum Gasteiger partial charge on any atom is 0.191 e. The van der Waals surface area contributed by atoms with Gasteiger partial charge in [-0.2, -0.15) is 0 Å². The first-order valence-electron chi connectivity index (χ1n) is 10.4. The van der Waals surface area contributed by atoms with Crippen LogP contribution in [0.5, 0.6) is 0 Å². The Bertz CT molecular complexity index is 574. The van der Waals surface area contributed by atoms with Crippen molar-refractivity contribution in [2.75, 3.05) is 39.3 Å². The number of guanidine groups is 1. The molecule has 154 valence electrons. The van der Waals surface area contributed by atoms with Crippen molar-refractivity contribution >= 4 is 5.96 Å². The molecule has 1 aliphatic heterocycles. The molecule has 6 nitrogen and oxygen atoms in total. The number of aryl methyl sites for hydroxylation is 1. The molecule has 1 aromatic rings. The zero-order valence-corrected chi connectivity index (χ0v) is 17.6. The second kappa shape index (κ2) is 10.7. The van der Waals surface area contributed by atoms with Gasteiger partial charge in [0.2, 0.25) is 0 Å². The molecule has 2 rings (SSSR count). The van der Waals surface area contributed by atoms with E-state index in [-0.39, 0.29) is 6.54 Å². The molecular formula is C21H38N4O2. The minimum Gasteiger partial charge on any atom is -0.463 e. The van der Waals surface area contributed by atoms with Gasteiger partial charge < -0.3 is 25.1 Å². The van der Waals surface area contributed by atoms with E-state index in [1.54, 1.807) is 6.92 Å². The van der Waals surface area contributed by atoms with Crippen molar-refractivity contribution < 1.29 is 9.52 Å². The molecule has 1 fully saturated rings. The molecule has 27 heavy (non-hydrogen) atoms. The Kier molecular flexibility index (Phi) is 8.64. The van der Waals surface area contributed by atoms with E-state index in [9.17, 15) is 5.11 Å². The Morgan fingerprint density at radius 3 is 2.67 bits per heavy atom. The summed E-state index contributed by atoms with van der Waals surface area (Å²) in [5.41, 5.74) is -1.11. The van der Waals surface area contributed by atoms with Crippen molar-refractivity contribution in [3.63, 3.8) is 0 Å². The minimum absolute atomic E-state index is 0.251. The van der Waals surface area contributed by atoms with Crippen LogP contribution in [0.25, 0.3) is 0 Å². The molecular weight excluding hydrogens is 340 g/mol. The minimum atomic E-state index is -1.11. The number of aliphatic hydroxyl groups is 1. The highest BCUT2D eigenvalue weighted by molar-refractivity contribution is 5.79. The van der Waals surface area contributed by atoms with Crippen LogP contribution in [0.1, 0.15) is 58.0 Å². The highest BCUT2D eigenvalue weighted by Gasteiger charge is 2.26. The second-order valence-electron chi connectivity index (χ2n) is 8.04. The molecule has 0 aromatic carbocycles. The van der Waals surface area contributed by atoms with Crippen LogP contribution >= 0.6 is 0 Å². The third-order valence-corrected chi connectivity index (χ3v) is 5.23. The van der Waals surface area contributed by atoms with E-state index in [0.29, 0.717) is 5.76 Å². The van der Waals surface area contributed by atoms with Crippen molar-refractivity contribution in [3.8, 4) is 0 Å². The van der Waals surface area contributed by atoms with Gasteiger partial charge in [0, 0.05) is 13.1 Å². The Hall–Kier alpha value is -1.53. The summed E-state index contributed by atoms with van der Waals surface area (Å²) < 4.78 is 5.55. The first-order valence-corrected chi connectivity index (χ1v) is 10.4. The standard InChI is InChI=1S/C21H38N4O2/c1-5-22-20(24-16-21(4,26)19-9-8-18(3)27-19)23-12-6-7-13-25-14-10-17(2)11-15-25/h8-9,17,26H,5-7,10-16H2,1-4H3,(H2,22,23,24). The zero-order valence-electron chi connectivity index (χ0n) is 17.6. The lowest BCUT2D eigenvalue weighted by Crippen LogP contribution is -2.39. The monoisotopic (exact) mass is 378 g/mol. The number of hydrogen-bond acceptors (Lipinski definition) is 4. The van der Waals surface area contributed by atoms with Gasteiger partial charge in [-0.15, -0.1) is 0 Å². The number of piperidine rings is 1. The number of hydrogen-bond donors (Lipinski definition) is 3. The third kappa shape index (κ3) is 7.54. The number of nitrogens with one attached hydrogen (secondary N) is 2. The van der Waals surface area contributed by atoms with Crippen LogP contribution in [0.3, 0.4) is 0 Å². The van der Waals surface area contributed by atoms with E-state index < -0.39 is 5.60 Å². The molecule has 1 aromatic heterocycles. The van der Waals surface area contributed by atoms with E-state index in [1.165, 1.54) is 38.9 Å². The van der Waals surface area contributed by atoms with Gasteiger partial charge in [0.05, 0.1) is 6.54 Å². The SMILES string of the molecule is CCNC(=NCC(C)(O)c1ccc(C)o1)NCCCCN1CCC(C)CC1. The molecule has 1 unspecified atom stereocenters. The van der Waals surface area contributed by atoms with Gasteiger partial charge in [0.15, 0.2) is 5.96 Å². The summed E-state index contributed by atoms with van der Waals surface area (Å²) in [7, 11) is 0. The van der Waals surface area contributed by atoms with Crippen LogP contribution < -0.4 is 10.6 Å². The number of furan rings is 1. The fraction of sp³-hybridized carbons (Fsp3) is 0.762. The summed E-state index contributed by atoms with van der Waals surface area (Å²) in [6.07, 6.45) is 4.99. The Balaban J connectivity index is 1.71. The quantitative estimate of drug-likeness (QED) is 0.350. The summed E-state index contributed by atoms with van der Waals surface area (Å²) in [4.78, 5) is 7.13. The van der Waals surface area contributed by atoms with Gasteiger partial charge in [0.1, 0.15) is 17.1 Å². The van der Waals surface area contributed by atoms with Gasteiger partial charge >= 0.3 is 0 Å². The topological polar surface area (TPSA) is 73.0 Å². The van der Waals surface area contributed by atoms with E-state index in [0.717, 1.165) is 37.1 Å². The average molecular weight is 379 g/mol. The zero-order chi connectivity index (χ0) is 19.7. The van der Waals surface area contributed by atoms with E-state index in [2.05, 4.69) is 27.4 Å². The van der Waals surface area contributed by atoms with Crippen LogP contribution in [0.15, 0.2) is 21.5 Å². The Morgan fingerprint density at radius 2 is 2.04 bits per heavy atom. The number of unbranched alkanes of at least 4 members (excludes halogenated alkanes) is 1. The van der Waals surface area contributed by atoms with Crippen LogP contribution in [0.4, 0.5) is 0 Å². The molecule has 1 aliphatic rings. The molecule has 0 saturated carbocycles. The van der Waals surface area contributed by atoms with Crippen LogP contribution in [-0.4, -0.2) is 55.2 Å². The number of aliphatic imine (C=N–C) groups is 1. The van der Waals surface area contributed by atoms with E-state index in [1.807, 2.05) is 26.0 Å². The maximum absolute atomic E-state index is 10.6. The summed E-state index contributed by atoms with van der Waals surface area (Å²) in [6.45, 7) is 13.6. The lowest BCUT2D eigenvalue weighted by molar-refractivity contribution is 0.0428. The highest BCUT2D eigenvalue weighted by atomic mass is 16.4. The first-order chi connectivity index (χ1) is 12.9. The molecule has 0 spiro atoms. The molecule has 1 saturated heterocycles. The van der Waals surface area contributed by atoms with Gasteiger partial charge in [-0.1, -0.05) is 6.92 Å². The van der Waals surface area contributed by atoms with Crippen LogP contribution in [0, 0.1) is 12.8 Å². The summed E-state index contributed by atoms with van der Waals surface area (Å²) in [5.74, 6) is 2.98. The van der Waals surface area contributed by atoms with E-state index >= 15 is 0 Å². The summed E-state index contributed by atoms with van der Waals surface area (Å²) in [5, 5.41) is 17.2. The summed E-state index contributed by atoms with van der Waals surface area (Å²) >= 11 is 0. The van der Waals surface area contributed by atoms with Gasteiger partial charge in [0.25, 0.3) is 0 Å². The van der Waals surface area contributed by atoms with Crippen molar-refractivity contribution in [1.29, 1.82) is 0 Å². The third-order valence-electron chi connectivity index (χ3n) is 5.23. The Morgan fingerprint density at radius 1 is 1.30 bits per heavy atom. The molecule has 0 amide bonds. The van der Waals surface area contributed by atoms with Crippen LogP contribution in [0.2, 0.25) is 0 Å². The van der Waals surface area contributed by atoms with Crippen molar-refractivity contribution in [1.82, 2.24) is 15.5 Å². The predicted octanol–water partition coefficient (Wildman–Crippen LogP) is 2.86. The lowest BCUT2D eigenvalue weighted by Gasteiger charge is -2.30. The first kappa shape index (κ1) is 21.8. The number of nitrogens with zero attached hydrogens (tertiary/aromatic N) is 2. The molecule has 0 aliphatic carbocycles. The smallest absolute Gasteiger partial charge is 0.191 e. The summed E-state index contributed by atoms with van der Waals surface area (Å²) in [6, 6.07) is 3.67. The number of likely N-dealkylation sites (tertiary alicyclic amines) is 1. The predicted molar refractivity (Wildman–Crippen MR) is 111 cm³/mol. The molecule has 1 atom stereocenters. The molecule has 3 N–H and O–H groups in total. The van der Waals surface area contributed by atoms with Crippen LogP contribution in [-0.2, 0) is 5.60 Å². The molecule has 0 bridgehead atoms. The normalized spacial score (nSPS) is 19.1. The average Bonchev–Trinajstić information content (AvgIpc) is 3.08. The molecule has 2 heterocycles. The Labute approximate surface area is 164 Å².